The van der Waals surface area contributed by atoms with E-state index in [1.807, 2.05) is 0 Å². The monoisotopic (exact) mass is 198 g/mol. The maximum absolute atomic E-state index is 12.9. The van der Waals surface area contributed by atoms with Gasteiger partial charge in [0.05, 0.1) is 18.5 Å². The number of halogens is 1. The molecule has 76 valence electrons. The molecule has 0 aliphatic carbocycles. The van der Waals surface area contributed by atoms with Crippen LogP contribution in [0.3, 0.4) is 0 Å². The number of hydrogen-bond acceptors (Lipinski definition) is 4. The van der Waals surface area contributed by atoms with Crippen LogP contribution in [0.4, 0.5) is 15.8 Å². The van der Waals surface area contributed by atoms with Crippen LogP contribution in [0.1, 0.15) is 0 Å². The number of carbonyl (C=O) groups is 1. The predicted octanol–water partition coefficient (Wildman–Crippen LogP) is 0.993. The van der Waals surface area contributed by atoms with E-state index in [-0.39, 0.29) is 12.2 Å². The topological polar surface area (TPSA) is 64.3 Å². The Balaban J connectivity index is 2.68. The summed E-state index contributed by atoms with van der Waals surface area (Å²) in [5.74, 6) is -0.950. The zero-order valence-corrected chi connectivity index (χ0v) is 7.71. The van der Waals surface area contributed by atoms with E-state index >= 15 is 0 Å². The minimum absolute atomic E-state index is 0.00333. The summed E-state index contributed by atoms with van der Waals surface area (Å²) in [5.41, 5.74) is 5.80. The van der Waals surface area contributed by atoms with E-state index in [1.54, 1.807) is 6.07 Å². The van der Waals surface area contributed by atoms with Crippen LogP contribution in [0, 0.1) is 5.82 Å². The Morgan fingerprint density at radius 1 is 1.64 bits per heavy atom. The van der Waals surface area contributed by atoms with E-state index in [1.165, 1.54) is 19.2 Å². The van der Waals surface area contributed by atoms with Crippen LogP contribution in [0.15, 0.2) is 18.2 Å². The Kier molecular flexibility index (Phi) is 3.28. The third-order valence-corrected chi connectivity index (χ3v) is 1.70. The van der Waals surface area contributed by atoms with Gasteiger partial charge in [0.2, 0.25) is 0 Å². The highest BCUT2D eigenvalue weighted by Gasteiger charge is 2.05. The van der Waals surface area contributed by atoms with Crippen LogP contribution in [0.25, 0.3) is 0 Å². The van der Waals surface area contributed by atoms with Gasteiger partial charge >= 0.3 is 5.97 Å². The Hall–Kier alpha value is -1.78. The first kappa shape index (κ1) is 10.3. The fourth-order valence-corrected chi connectivity index (χ4v) is 0.931. The molecule has 1 rings (SSSR count). The van der Waals surface area contributed by atoms with Crippen molar-refractivity contribution in [2.24, 2.45) is 0 Å². The van der Waals surface area contributed by atoms with Crippen molar-refractivity contribution in [3.05, 3.63) is 24.0 Å². The number of methoxy groups -OCH3 is 1. The zero-order chi connectivity index (χ0) is 10.6. The molecule has 1 aromatic carbocycles. The summed E-state index contributed by atoms with van der Waals surface area (Å²) >= 11 is 0. The number of nitrogens with one attached hydrogen (secondary N) is 1. The molecular formula is C9H11FN2O2. The highest BCUT2D eigenvalue weighted by Crippen LogP contribution is 2.20. The van der Waals surface area contributed by atoms with E-state index in [0.29, 0.717) is 5.69 Å². The van der Waals surface area contributed by atoms with E-state index in [4.69, 9.17) is 5.73 Å². The second-order valence-electron chi connectivity index (χ2n) is 2.63. The van der Waals surface area contributed by atoms with Gasteiger partial charge in [0.25, 0.3) is 0 Å². The average molecular weight is 198 g/mol. The van der Waals surface area contributed by atoms with Crippen molar-refractivity contribution in [1.29, 1.82) is 0 Å². The summed E-state index contributed by atoms with van der Waals surface area (Å²) in [6.07, 6.45) is 0. The quantitative estimate of drug-likeness (QED) is 0.561. The van der Waals surface area contributed by atoms with Crippen LogP contribution >= 0.6 is 0 Å². The lowest BCUT2D eigenvalue weighted by Gasteiger charge is -2.07. The van der Waals surface area contributed by atoms with Crippen molar-refractivity contribution < 1.29 is 13.9 Å². The lowest BCUT2D eigenvalue weighted by molar-refractivity contribution is -0.138. The molecule has 0 bridgehead atoms. The highest BCUT2D eigenvalue weighted by molar-refractivity contribution is 5.77. The fraction of sp³-hybridized carbons (Fsp3) is 0.222. The molecule has 0 aliphatic heterocycles. The number of rotatable bonds is 3. The summed E-state index contributed by atoms with van der Waals surface area (Å²) < 4.78 is 17.3. The highest BCUT2D eigenvalue weighted by atomic mass is 19.1. The van der Waals surface area contributed by atoms with Crippen molar-refractivity contribution in [2.45, 2.75) is 0 Å². The third kappa shape index (κ3) is 2.35. The molecule has 0 aliphatic rings. The van der Waals surface area contributed by atoms with Crippen LogP contribution in [-0.4, -0.2) is 19.6 Å². The van der Waals surface area contributed by atoms with Gasteiger partial charge in [0.1, 0.15) is 12.4 Å². The van der Waals surface area contributed by atoms with Crippen molar-refractivity contribution in [2.75, 3.05) is 24.7 Å². The molecule has 0 radical (unpaired) electrons. The molecule has 3 N–H and O–H groups in total. The lowest BCUT2D eigenvalue weighted by atomic mass is 10.2. The molecule has 0 spiro atoms. The number of ether oxygens (including phenoxy) is 1. The number of para-hydroxylation sites is 1. The van der Waals surface area contributed by atoms with Gasteiger partial charge in [-0.3, -0.25) is 4.79 Å². The Bertz CT molecular complexity index is 342. The summed E-state index contributed by atoms with van der Waals surface area (Å²) in [6, 6.07) is 4.34. The molecule has 0 atom stereocenters. The van der Waals surface area contributed by atoms with Crippen molar-refractivity contribution in [3.8, 4) is 0 Å². The fourth-order valence-electron chi connectivity index (χ4n) is 0.931. The maximum Gasteiger partial charge on any atom is 0.325 e. The van der Waals surface area contributed by atoms with Crippen LogP contribution in [-0.2, 0) is 9.53 Å². The van der Waals surface area contributed by atoms with Gasteiger partial charge in [-0.1, -0.05) is 6.07 Å². The Morgan fingerprint density at radius 2 is 2.36 bits per heavy atom. The number of carbonyl (C=O) groups excluding carboxylic acids is 1. The molecule has 1 aromatic rings. The SMILES string of the molecule is COC(=O)CNc1cccc(F)c1N. The van der Waals surface area contributed by atoms with Gasteiger partial charge in [0, 0.05) is 0 Å². The number of nitrogen functional groups attached to an aromatic ring is 1. The van der Waals surface area contributed by atoms with Crippen molar-refractivity contribution in [3.63, 3.8) is 0 Å². The number of hydrogen-bond donors (Lipinski definition) is 2. The molecular weight excluding hydrogens is 187 g/mol. The normalized spacial score (nSPS) is 9.57. The first-order valence-corrected chi connectivity index (χ1v) is 4.00. The van der Waals surface area contributed by atoms with Gasteiger partial charge in [0.15, 0.2) is 0 Å². The van der Waals surface area contributed by atoms with Crippen molar-refractivity contribution in [1.82, 2.24) is 0 Å². The van der Waals surface area contributed by atoms with E-state index < -0.39 is 11.8 Å². The summed E-state index contributed by atoms with van der Waals surface area (Å²) in [7, 11) is 1.28. The van der Waals surface area contributed by atoms with Gasteiger partial charge in [-0.2, -0.15) is 0 Å². The molecule has 0 saturated heterocycles. The van der Waals surface area contributed by atoms with Crippen LogP contribution < -0.4 is 11.1 Å². The van der Waals surface area contributed by atoms with Gasteiger partial charge < -0.3 is 15.8 Å². The van der Waals surface area contributed by atoms with E-state index in [9.17, 15) is 9.18 Å². The van der Waals surface area contributed by atoms with E-state index in [2.05, 4.69) is 10.1 Å². The summed E-state index contributed by atoms with van der Waals surface area (Å²) in [6.45, 7) is -0.0375. The van der Waals surface area contributed by atoms with Crippen LogP contribution in [0.5, 0.6) is 0 Å². The smallest absolute Gasteiger partial charge is 0.325 e. The largest absolute Gasteiger partial charge is 0.468 e. The van der Waals surface area contributed by atoms with E-state index in [0.717, 1.165) is 0 Å². The average Bonchev–Trinajstić information content (AvgIpc) is 2.20. The number of esters is 1. The molecule has 4 nitrogen and oxygen atoms in total. The number of anilines is 2. The second kappa shape index (κ2) is 4.45. The van der Waals surface area contributed by atoms with Gasteiger partial charge in [-0.15, -0.1) is 0 Å². The maximum atomic E-state index is 12.9. The molecule has 0 fully saturated rings. The summed E-state index contributed by atoms with van der Waals surface area (Å²) in [4.78, 5) is 10.8. The molecule has 0 amide bonds. The Morgan fingerprint density at radius 3 is 3.00 bits per heavy atom. The first-order valence-electron chi connectivity index (χ1n) is 4.00. The standard InChI is InChI=1S/C9H11FN2O2/c1-14-8(13)5-12-7-4-2-3-6(10)9(7)11/h2-4,12H,5,11H2,1H3. The van der Waals surface area contributed by atoms with Gasteiger partial charge in [-0.25, -0.2) is 4.39 Å². The molecule has 0 heterocycles. The minimum atomic E-state index is -0.514. The van der Waals surface area contributed by atoms with Crippen LogP contribution in [0.2, 0.25) is 0 Å². The Labute approximate surface area is 80.9 Å². The zero-order valence-electron chi connectivity index (χ0n) is 7.71. The summed E-state index contributed by atoms with van der Waals surface area (Å²) in [5, 5.41) is 2.66. The molecule has 5 heteroatoms. The third-order valence-electron chi connectivity index (χ3n) is 1.70. The molecule has 0 aromatic heterocycles. The minimum Gasteiger partial charge on any atom is -0.468 e. The van der Waals surface area contributed by atoms with Crippen molar-refractivity contribution >= 4 is 17.3 Å². The number of nitrogens with two attached hydrogens (primary N) is 1. The lowest BCUT2D eigenvalue weighted by Crippen LogP contribution is -2.16. The molecule has 0 saturated carbocycles. The second-order valence-corrected chi connectivity index (χ2v) is 2.63. The van der Waals surface area contributed by atoms with Gasteiger partial charge in [-0.05, 0) is 12.1 Å². The first-order chi connectivity index (χ1) is 6.65. The molecule has 14 heavy (non-hydrogen) atoms. The molecule has 0 unspecified atom stereocenters. The number of benzene rings is 1. The predicted molar refractivity (Wildman–Crippen MR) is 51.3 cm³/mol.